The molecular weight excluding hydrogens is 296 g/mol. The van der Waals surface area contributed by atoms with Gasteiger partial charge in [-0.3, -0.25) is 4.79 Å². The Kier molecular flexibility index (Phi) is 3.81. The second-order valence-electron chi connectivity index (χ2n) is 5.15. The van der Waals surface area contributed by atoms with E-state index in [0.717, 1.165) is 20.7 Å². The van der Waals surface area contributed by atoms with Crippen LogP contribution < -0.4 is 0 Å². The average Bonchev–Trinajstić information content (AvgIpc) is 2.91. The smallest absolute Gasteiger partial charge is 0.254 e. The van der Waals surface area contributed by atoms with Crippen molar-refractivity contribution in [1.29, 1.82) is 0 Å². The van der Waals surface area contributed by atoms with E-state index in [9.17, 15) is 9.90 Å². The first-order valence-electron chi connectivity index (χ1n) is 6.85. The highest BCUT2D eigenvalue weighted by molar-refractivity contribution is 7.99. The summed E-state index contributed by atoms with van der Waals surface area (Å²) in [6.07, 6.45) is 1.85. The van der Waals surface area contributed by atoms with E-state index in [2.05, 4.69) is 4.98 Å². The Morgan fingerprint density at radius 1 is 1.09 bits per heavy atom. The molecule has 0 saturated heterocycles. The van der Waals surface area contributed by atoms with Crippen LogP contribution in [0.4, 0.5) is 0 Å². The minimum absolute atomic E-state index is 0.0350. The SMILES string of the molecule is CN(C)C(=O)c1ccccc1Sc1c[nH]c2cccc(O)c12. The lowest BCUT2D eigenvalue weighted by Crippen LogP contribution is -2.22. The number of aromatic hydroxyl groups is 1. The molecule has 3 rings (SSSR count). The summed E-state index contributed by atoms with van der Waals surface area (Å²) in [7, 11) is 3.47. The highest BCUT2D eigenvalue weighted by atomic mass is 32.2. The number of fused-ring (bicyclic) bond motifs is 1. The van der Waals surface area contributed by atoms with Crippen molar-refractivity contribution >= 4 is 28.6 Å². The van der Waals surface area contributed by atoms with E-state index >= 15 is 0 Å². The van der Waals surface area contributed by atoms with Crippen LogP contribution in [0, 0.1) is 0 Å². The molecular formula is C17H16N2O2S. The minimum atomic E-state index is -0.0350. The molecule has 0 saturated carbocycles. The van der Waals surface area contributed by atoms with E-state index in [0.29, 0.717) is 5.56 Å². The fourth-order valence-corrected chi connectivity index (χ4v) is 3.39. The number of aromatic amines is 1. The molecule has 1 aromatic heterocycles. The van der Waals surface area contributed by atoms with Crippen LogP contribution in [0.3, 0.4) is 0 Å². The molecule has 4 nitrogen and oxygen atoms in total. The van der Waals surface area contributed by atoms with Crippen molar-refractivity contribution in [3.8, 4) is 5.75 Å². The molecule has 1 heterocycles. The number of hydrogen-bond acceptors (Lipinski definition) is 3. The number of hydrogen-bond donors (Lipinski definition) is 2. The highest BCUT2D eigenvalue weighted by Crippen LogP contribution is 2.39. The van der Waals surface area contributed by atoms with Gasteiger partial charge in [-0.1, -0.05) is 30.0 Å². The normalized spacial score (nSPS) is 10.8. The summed E-state index contributed by atoms with van der Waals surface area (Å²) in [4.78, 5) is 18.7. The summed E-state index contributed by atoms with van der Waals surface area (Å²) >= 11 is 1.47. The van der Waals surface area contributed by atoms with Crippen molar-refractivity contribution in [3.05, 3.63) is 54.2 Å². The predicted octanol–water partition coefficient (Wildman–Crippen LogP) is 3.73. The first-order chi connectivity index (χ1) is 10.6. The second-order valence-corrected chi connectivity index (χ2v) is 6.23. The molecule has 0 aliphatic carbocycles. The van der Waals surface area contributed by atoms with Gasteiger partial charge in [0.15, 0.2) is 0 Å². The number of benzene rings is 2. The number of phenolic OH excluding ortho intramolecular Hbond substituents is 1. The van der Waals surface area contributed by atoms with E-state index in [1.165, 1.54) is 11.8 Å². The zero-order valence-electron chi connectivity index (χ0n) is 12.3. The molecule has 112 valence electrons. The maximum absolute atomic E-state index is 12.3. The van der Waals surface area contributed by atoms with Gasteiger partial charge in [-0.15, -0.1) is 0 Å². The molecule has 2 aromatic carbocycles. The van der Waals surface area contributed by atoms with Crippen LogP contribution in [-0.4, -0.2) is 35.0 Å². The molecule has 0 atom stereocenters. The van der Waals surface area contributed by atoms with Gasteiger partial charge in [0.2, 0.25) is 0 Å². The largest absolute Gasteiger partial charge is 0.507 e. The fraction of sp³-hybridized carbons (Fsp3) is 0.118. The third-order valence-corrected chi connectivity index (χ3v) is 4.51. The molecule has 1 amide bonds. The monoisotopic (exact) mass is 312 g/mol. The van der Waals surface area contributed by atoms with E-state index in [-0.39, 0.29) is 11.7 Å². The summed E-state index contributed by atoms with van der Waals surface area (Å²) in [5.74, 6) is 0.199. The van der Waals surface area contributed by atoms with Gasteiger partial charge in [0, 0.05) is 30.1 Å². The van der Waals surface area contributed by atoms with E-state index in [4.69, 9.17) is 0 Å². The Balaban J connectivity index is 2.05. The quantitative estimate of drug-likeness (QED) is 0.775. The van der Waals surface area contributed by atoms with Gasteiger partial charge in [-0.05, 0) is 24.3 Å². The van der Waals surface area contributed by atoms with E-state index in [1.54, 1.807) is 31.1 Å². The fourth-order valence-electron chi connectivity index (χ4n) is 2.31. The maximum atomic E-state index is 12.3. The van der Waals surface area contributed by atoms with Crippen molar-refractivity contribution in [2.24, 2.45) is 0 Å². The number of carbonyl (C=O) groups excluding carboxylic acids is 1. The van der Waals surface area contributed by atoms with Gasteiger partial charge in [-0.2, -0.15) is 0 Å². The molecule has 0 fully saturated rings. The Hall–Kier alpha value is -2.40. The van der Waals surface area contributed by atoms with E-state index < -0.39 is 0 Å². The Morgan fingerprint density at radius 2 is 1.86 bits per heavy atom. The molecule has 2 N–H and O–H groups in total. The summed E-state index contributed by atoms with van der Waals surface area (Å²) in [5.41, 5.74) is 1.53. The molecule has 0 unspecified atom stereocenters. The van der Waals surface area contributed by atoms with Crippen LogP contribution in [0.2, 0.25) is 0 Å². The van der Waals surface area contributed by atoms with Crippen molar-refractivity contribution in [2.75, 3.05) is 14.1 Å². The Bertz CT molecular complexity index is 840. The highest BCUT2D eigenvalue weighted by Gasteiger charge is 2.16. The lowest BCUT2D eigenvalue weighted by atomic mass is 10.2. The van der Waals surface area contributed by atoms with Crippen molar-refractivity contribution in [2.45, 2.75) is 9.79 Å². The zero-order chi connectivity index (χ0) is 15.7. The number of nitrogens with one attached hydrogen (secondary N) is 1. The average molecular weight is 312 g/mol. The number of carbonyl (C=O) groups is 1. The number of rotatable bonds is 3. The molecule has 22 heavy (non-hydrogen) atoms. The maximum Gasteiger partial charge on any atom is 0.254 e. The van der Waals surface area contributed by atoms with Gasteiger partial charge < -0.3 is 15.0 Å². The van der Waals surface area contributed by atoms with E-state index in [1.807, 2.05) is 36.5 Å². The second kappa shape index (κ2) is 5.77. The molecule has 0 aliphatic rings. The Labute approximate surface area is 132 Å². The summed E-state index contributed by atoms with van der Waals surface area (Å²) in [5, 5.41) is 10.9. The summed E-state index contributed by atoms with van der Waals surface area (Å²) in [6, 6.07) is 12.9. The lowest BCUT2D eigenvalue weighted by Gasteiger charge is -2.13. The summed E-state index contributed by atoms with van der Waals surface area (Å²) < 4.78 is 0. The van der Waals surface area contributed by atoms with Crippen LogP contribution in [-0.2, 0) is 0 Å². The number of H-pyrrole nitrogens is 1. The van der Waals surface area contributed by atoms with Gasteiger partial charge >= 0.3 is 0 Å². The standard InChI is InChI=1S/C17H16N2O2S/c1-19(2)17(21)11-6-3-4-9-14(11)22-15-10-18-12-7-5-8-13(20)16(12)15/h3-10,18,20H,1-2H3. The van der Waals surface area contributed by atoms with Crippen LogP contribution >= 0.6 is 11.8 Å². The minimum Gasteiger partial charge on any atom is -0.507 e. The van der Waals surface area contributed by atoms with Crippen LogP contribution in [0.5, 0.6) is 5.75 Å². The number of phenols is 1. The zero-order valence-corrected chi connectivity index (χ0v) is 13.1. The summed E-state index contributed by atoms with van der Waals surface area (Å²) in [6.45, 7) is 0. The van der Waals surface area contributed by atoms with Gasteiger partial charge in [0.1, 0.15) is 5.75 Å². The van der Waals surface area contributed by atoms with Crippen LogP contribution in [0.1, 0.15) is 10.4 Å². The first-order valence-corrected chi connectivity index (χ1v) is 7.67. The molecule has 0 radical (unpaired) electrons. The third kappa shape index (κ3) is 2.55. The lowest BCUT2D eigenvalue weighted by molar-refractivity contribution is 0.0824. The molecule has 0 spiro atoms. The molecule has 0 bridgehead atoms. The topological polar surface area (TPSA) is 56.3 Å². The Morgan fingerprint density at radius 3 is 2.64 bits per heavy atom. The van der Waals surface area contributed by atoms with Gasteiger partial charge in [0.25, 0.3) is 5.91 Å². The number of aromatic nitrogens is 1. The first kappa shape index (κ1) is 14.5. The molecule has 5 heteroatoms. The van der Waals surface area contributed by atoms with Crippen LogP contribution in [0.15, 0.2) is 58.5 Å². The van der Waals surface area contributed by atoms with Crippen molar-refractivity contribution in [1.82, 2.24) is 9.88 Å². The van der Waals surface area contributed by atoms with Crippen molar-refractivity contribution in [3.63, 3.8) is 0 Å². The van der Waals surface area contributed by atoms with Crippen LogP contribution in [0.25, 0.3) is 10.9 Å². The van der Waals surface area contributed by atoms with Crippen molar-refractivity contribution < 1.29 is 9.90 Å². The van der Waals surface area contributed by atoms with Gasteiger partial charge in [-0.25, -0.2) is 0 Å². The predicted molar refractivity (Wildman–Crippen MR) is 88.5 cm³/mol. The van der Waals surface area contributed by atoms with Gasteiger partial charge in [0.05, 0.1) is 16.5 Å². The number of nitrogens with zero attached hydrogens (tertiary/aromatic N) is 1. The molecule has 3 aromatic rings. The third-order valence-electron chi connectivity index (χ3n) is 3.39. The molecule has 0 aliphatic heterocycles. The number of amides is 1.